The lowest BCUT2D eigenvalue weighted by molar-refractivity contribution is 0.139. The van der Waals surface area contributed by atoms with Crippen LogP contribution in [0.3, 0.4) is 0 Å². The predicted molar refractivity (Wildman–Crippen MR) is 104 cm³/mol. The molecular weight excluding hydrogens is 345 g/mol. The monoisotopic (exact) mass is 371 g/mol. The zero-order valence-corrected chi connectivity index (χ0v) is 16.0. The van der Waals surface area contributed by atoms with Crippen molar-refractivity contribution in [3.8, 4) is 0 Å². The minimum atomic E-state index is -0.328. The number of hydrogen-bond donors (Lipinski definition) is 1. The van der Waals surface area contributed by atoms with E-state index in [4.69, 9.17) is 9.64 Å². The number of carbonyl (C=O) groups excluding carboxylic acids is 1. The fourth-order valence-electron chi connectivity index (χ4n) is 4.50. The van der Waals surface area contributed by atoms with Crippen molar-refractivity contribution in [2.45, 2.75) is 63.8 Å². The average molecular weight is 371 g/mol. The predicted octanol–water partition coefficient (Wildman–Crippen LogP) is 1.80. The number of likely N-dealkylation sites (tertiary alicyclic amines) is 1. The molecule has 0 bridgehead atoms. The normalized spacial score (nSPS) is 21.5. The summed E-state index contributed by atoms with van der Waals surface area (Å²) in [6.45, 7) is 3.06. The van der Waals surface area contributed by atoms with E-state index in [-0.39, 0.29) is 17.6 Å². The molecule has 1 unspecified atom stereocenters. The summed E-state index contributed by atoms with van der Waals surface area (Å²) in [5, 5.41) is 5.25. The molecule has 2 fully saturated rings. The topological polar surface area (TPSA) is 93.1 Å². The van der Waals surface area contributed by atoms with Gasteiger partial charge in [0.1, 0.15) is 11.2 Å². The van der Waals surface area contributed by atoms with E-state index in [0.717, 1.165) is 31.4 Å². The molecule has 1 amide bonds. The van der Waals surface area contributed by atoms with Gasteiger partial charge in [-0.15, -0.1) is 0 Å². The molecule has 144 valence electrons. The molecule has 1 saturated carbocycles. The standard InChI is InChI=1S/C18H26BN5O3/c1-11-14-16(24(22-11)13-7-3-2-4-8-13)20-15(21-17(14)25)12-6-5-9-23(10-12)18(26)27-19/h12-13H,2-10,19H2,1H3,(H,20,21,25). The van der Waals surface area contributed by atoms with E-state index in [1.807, 2.05) is 11.6 Å². The second-order valence-electron chi connectivity index (χ2n) is 7.73. The van der Waals surface area contributed by atoms with Crippen molar-refractivity contribution in [2.75, 3.05) is 13.1 Å². The van der Waals surface area contributed by atoms with Crippen molar-refractivity contribution in [1.82, 2.24) is 24.6 Å². The molecular formula is C18H26BN5O3. The first-order valence-electron chi connectivity index (χ1n) is 9.90. The van der Waals surface area contributed by atoms with E-state index in [2.05, 4.69) is 10.1 Å². The highest BCUT2D eigenvalue weighted by molar-refractivity contribution is 6.05. The highest BCUT2D eigenvalue weighted by Crippen LogP contribution is 2.31. The molecule has 1 atom stereocenters. The second-order valence-corrected chi connectivity index (χ2v) is 7.73. The molecule has 2 aromatic rings. The molecule has 0 radical (unpaired) electrons. The number of piperidine rings is 1. The minimum absolute atomic E-state index is 0.00459. The molecule has 1 aliphatic carbocycles. The summed E-state index contributed by atoms with van der Waals surface area (Å²) in [5.74, 6) is 0.656. The molecule has 4 rings (SSSR count). The number of fused-ring (bicyclic) bond motifs is 1. The average Bonchev–Trinajstić information content (AvgIpc) is 3.05. The molecule has 2 aromatic heterocycles. The number of H-pyrrole nitrogens is 1. The molecule has 8 nitrogen and oxygen atoms in total. The Morgan fingerprint density at radius 1 is 1.22 bits per heavy atom. The van der Waals surface area contributed by atoms with Crippen LogP contribution in [0.4, 0.5) is 4.79 Å². The van der Waals surface area contributed by atoms with Gasteiger partial charge in [0.2, 0.25) is 0 Å². The van der Waals surface area contributed by atoms with Crippen LogP contribution in [0.5, 0.6) is 0 Å². The van der Waals surface area contributed by atoms with Crippen LogP contribution in [0.15, 0.2) is 4.79 Å². The maximum absolute atomic E-state index is 12.8. The van der Waals surface area contributed by atoms with Gasteiger partial charge in [0.15, 0.2) is 5.65 Å². The Balaban J connectivity index is 1.72. The van der Waals surface area contributed by atoms with Crippen LogP contribution in [-0.2, 0) is 4.65 Å². The first-order valence-corrected chi connectivity index (χ1v) is 9.90. The summed E-state index contributed by atoms with van der Waals surface area (Å²) in [7, 11) is 1.39. The van der Waals surface area contributed by atoms with Crippen LogP contribution >= 0.6 is 0 Å². The van der Waals surface area contributed by atoms with Crippen LogP contribution in [0, 0.1) is 6.92 Å². The van der Waals surface area contributed by atoms with E-state index in [1.165, 1.54) is 27.3 Å². The first kappa shape index (κ1) is 18.1. The lowest BCUT2D eigenvalue weighted by Crippen LogP contribution is -2.40. The Labute approximate surface area is 158 Å². The Morgan fingerprint density at radius 2 is 2.00 bits per heavy atom. The Hall–Kier alpha value is -2.32. The number of aromatic nitrogens is 4. The van der Waals surface area contributed by atoms with E-state index < -0.39 is 0 Å². The molecule has 1 N–H and O–H groups in total. The van der Waals surface area contributed by atoms with Crippen molar-refractivity contribution in [2.24, 2.45) is 0 Å². The summed E-state index contributed by atoms with van der Waals surface area (Å²) in [6, 6.07) is 0.315. The number of carbonyl (C=O) groups is 1. The molecule has 2 aliphatic rings. The van der Waals surface area contributed by atoms with Gasteiger partial charge < -0.3 is 14.5 Å². The lowest BCUT2D eigenvalue weighted by atomic mass is 9.95. The maximum atomic E-state index is 12.8. The van der Waals surface area contributed by atoms with E-state index in [1.54, 1.807) is 4.90 Å². The van der Waals surface area contributed by atoms with Gasteiger partial charge in [-0.3, -0.25) is 4.79 Å². The number of hydrogen-bond acceptors (Lipinski definition) is 5. The van der Waals surface area contributed by atoms with Crippen molar-refractivity contribution < 1.29 is 9.45 Å². The SMILES string of the molecule is BOC(=O)N1CCCC(c2nc3c(c(C)nn3C3CCCCC3)c(=O)[nH]2)C1. The number of aryl methyl sites for hydroxylation is 1. The van der Waals surface area contributed by atoms with Gasteiger partial charge in [-0.25, -0.2) is 14.5 Å². The van der Waals surface area contributed by atoms with Crippen LogP contribution in [-0.4, -0.2) is 51.9 Å². The van der Waals surface area contributed by atoms with Gasteiger partial charge in [0, 0.05) is 19.0 Å². The molecule has 1 saturated heterocycles. The van der Waals surface area contributed by atoms with E-state index in [9.17, 15) is 9.59 Å². The van der Waals surface area contributed by atoms with E-state index >= 15 is 0 Å². The van der Waals surface area contributed by atoms with E-state index in [0.29, 0.717) is 36.0 Å². The quantitative estimate of drug-likeness (QED) is 0.813. The van der Waals surface area contributed by atoms with Gasteiger partial charge in [0.05, 0.1) is 11.7 Å². The molecule has 1 aliphatic heterocycles. The van der Waals surface area contributed by atoms with Gasteiger partial charge in [-0.05, 0) is 32.6 Å². The smallest absolute Gasteiger partial charge is 0.391 e. The van der Waals surface area contributed by atoms with Gasteiger partial charge >= 0.3 is 14.1 Å². The van der Waals surface area contributed by atoms with Crippen molar-refractivity contribution in [3.05, 3.63) is 21.9 Å². The summed E-state index contributed by atoms with van der Waals surface area (Å²) >= 11 is 0. The highest BCUT2D eigenvalue weighted by Gasteiger charge is 2.28. The van der Waals surface area contributed by atoms with Crippen LogP contribution in [0.2, 0.25) is 0 Å². The van der Waals surface area contributed by atoms with Crippen LogP contribution < -0.4 is 5.56 Å². The summed E-state index contributed by atoms with van der Waals surface area (Å²) in [5.41, 5.74) is 1.29. The second kappa shape index (κ2) is 7.36. The Kier molecular flexibility index (Phi) is 4.93. The van der Waals surface area contributed by atoms with Gasteiger partial charge in [-0.1, -0.05) is 19.3 Å². The maximum Gasteiger partial charge on any atom is 0.391 e. The third-order valence-corrected chi connectivity index (χ3v) is 5.92. The largest absolute Gasteiger partial charge is 0.528 e. The number of nitrogens with one attached hydrogen (secondary N) is 1. The van der Waals surface area contributed by atoms with Crippen molar-refractivity contribution >= 4 is 25.2 Å². The van der Waals surface area contributed by atoms with Crippen LogP contribution in [0.1, 0.15) is 68.4 Å². The number of nitrogens with zero attached hydrogens (tertiary/aromatic N) is 4. The first-order chi connectivity index (χ1) is 13.1. The van der Waals surface area contributed by atoms with Gasteiger partial charge in [-0.2, -0.15) is 5.10 Å². The Morgan fingerprint density at radius 3 is 2.74 bits per heavy atom. The molecule has 27 heavy (non-hydrogen) atoms. The third-order valence-electron chi connectivity index (χ3n) is 5.92. The molecule has 0 aromatic carbocycles. The Bertz CT molecular complexity index is 902. The molecule has 9 heteroatoms. The number of aromatic amines is 1. The fourth-order valence-corrected chi connectivity index (χ4v) is 4.50. The fraction of sp³-hybridized carbons (Fsp3) is 0.667. The zero-order chi connectivity index (χ0) is 19.0. The zero-order valence-electron chi connectivity index (χ0n) is 16.0. The summed E-state index contributed by atoms with van der Waals surface area (Å²) in [6.07, 6.45) is 7.24. The number of amides is 1. The van der Waals surface area contributed by atoms with Crippen molar-refractivity contribution in [1.29, 1.82) is 0 Å². The van der Waals surface area contributed by atoms with Crippen molar-refractivity contribution in [3.63, 3.8) is 0 Å². The summed E-state index contributed by atoms with van der Waals surface area (Å²) in [4.78, 5) is 34.1. The van der Waals surface area contributed by atoms with Gasteiger partial charge in [0.25, 0.3) is 5.56 Å². The summed E-state index contributed by atoms with van der Waals surface area (Å²) < 4.78 is 6.83. The molecule has 3 heterocycles. The highest BCUT2D eigenvalue weighted by atomic mass is 16.5. The van der Waals surface area contributed by atoms with Crippen LogP contribution in [0.25, 0.3) is 11.0 Å². The lowest BCUT2D eigenvalue weighted by Gasteiger charge is -2.31. The number of rotatable bonds is 2. The minimum Gasteiger partial charge on any atom is -0.528 e. The third kappa shape index (κ3) is 3.35. The molecule has 0 spiro atoms.